The second kappa shape index (κ2) is 11.0. The van der Waals surface area contributed by atoms with Gasteiger partial charge in [-0.2, -0.15) is 17.7 Å². The van der Waals surface area contributed by atoms with E-state index in [2.05, 4.69) is 26.7 Å². The summed E-state index contributed by atoms with van der Waals surface area (Å²) in [4.78, 5) is 39.0. The monoisotopic (exact) mass is 552 g/mol. The molecule has 1 aromatic carbocycles. The minimum Gasteiger partial charge on any atom is -0.414 e. The van der Waals surface area contributed by atoms with Gasteiger partial charge in [0, 0.05) is 18.2 Å². The topological polar surface area (TPSA) is 88.8 Å². The molecule has 1 saturated heterocycles. The number of ether oxygens (including phenoxy) is 2. The summed E-state index contributed by atoms with van der Waals surface area (Å²) < 4.78 is 60.0. The molecule has 0 radical (unpaired) electrons. The van der Waals surface area contributed by atoms with Crippen LogP contribution in [0.1, 0.15) is 49.3 Å². The van der Waals surface area contributed by atoms with Crippen molar-refractivity contribution in [3.8, 4) is 12.3 Å². The Balaban J connectivity index is 2.05. The first-order valence-corrected chi connectivity index (χ1v) is 14.9. The van der Waals surface area contributed by atoms with Crippen molar-refractivity contribution < 1.29 is 31.9 Å². The van der Waals surface area contributed by atoms with E-state index in [-0.39, 0.29) is 34.8 Å². The Morgan fingerprint density at radius 1 is 1.18 bits per heavy atom. The van der Waals surface area contributed by atoms with Crippen molar-refractivity contribution in [3.63, 3.8) is 0 Å². The third-order valence-corrected chi connectivity index (χ3v) is 11.4. The largest absolute Gasteiger partial charge is 0.423 e. The van der Waals surface area contributed by atoms with Crippen LogP contribution in [0.25, 0.3) is 0 Å². The van der Waals surface area contributed by atoms with Gasteiger partial charge in [0.15, 0.2) is 8.32 Å². The SMILES string of the molecule is C#CCO[C@H]1C[C@H](n2cc(C(F)(F)F)c(=O)n(C(=O)c3ccccc3)c2=O)O[C@@H]1CO[Si](C)(C)C(C)(C)C. The van der Waals surface area contributed by atoms with Crippen LogP contribution >= 0.6 is 0 Å². The molecule has 1 fully saturated rings. The van der Waals surface area contributed by atoms with Crippen LogP contribution in [0.5, 0.6) is 0 Å². The van der Waals surface area contributed by atoms with Gasteiger partial charge < -0.3 is 13.9 Å². The number of benzene rings is 1. The van der Waals surface area contributed by atoms with Gasteiger partial charge in [-0.1, -0.05) is 44.9 Å². The molecule has 0 N–H and O–H groups in total. The highest BCUT2D eigenvalue weighted by Crippen LogP contribution is 2.38. The van der Waals surface area contributed by atoms with Gasteiger partial charge in [0.2, 0.25) is 0 Å². The van der Waals surface area contributed by atoms with E-state index >= 15 is 0 Å². The fraction of sp³-hybridized carbons (Fsp3) is 0.500. The first kappa shape index (κ1) is 29.6. The van der Waals surface area contributed by atoms with E-state index in [0.717, 1.165) is 0 Å². The lowest BCUT2D eigenvalue weighted by Gasteiger charge is -2.37. The van der Waals surface area contributed by atoms with Gasteiger partial charge in [0.25, 0.3) is 11.5 Å². The van der Waals surface area contributed by atoms with Crippen LogP contribution in [-0.2, 0) is 20.1 Å². The third-order valence-electron chi connectivity index (χ3n) is 6.93. The highest BCUT2D eigenvalue weighted by atomic mass is 28.4. The number of carbonyl (C=O) groups is 1. The lowest BCUT2D eigenvalue weighted by atomic mass is 10.2. The van der Waals surface area contributed by atoms with Gasteiger partial charge in [-0.15, -0.1) is 6.42 Å². The zero-order valence-corrected chi connectivity index (χ0v) is 22.9. The van der Waals surface area contributed by atoms with Crippen LogP contribution in [0, 0.1) is 12.3 Å². The van der Waals surface area contributed by atoms with Gasteiger partial charge in [0.1, 0.15) is 24.5 Å². The Bertz CT molecular complexity index is 1320. The van der Waals surface area contributed by atoms with Crippen molar-refractivity contribution in [2.75, 3.05) is 13.2 Å². The maximum absolute atomic E-state index is 13.8. The van der Waals surface area contributed by atoms with Gasteiger partial charge in [-0.05, 0) is 30.3 Å². The maximum Gasteiger partial charge on any atom is 0.423 e. The molecule has 0 spiro atoms. The van der Waals surface area contributed by atoms with Gasteiger partial charge >= 0.3 is 11.9 Å². The molecular weight excluding hydrogens is 521 g/mol. The molecular formula is C26H31F3N2O6Si. The van der Waals surface area contributed by atoms with Crippen molar-refractivity contribution in [2.45, 2.75) is 69.9 Å². The molecule has 0 aliphatic carbocycles. The van der Waals surface area contributed by atoms with Gasteiger partial charge in [-0.25, -0.2) is 4.79 Å². The molecule has 1 aliphatic heterocycles. The number of nitrogens with zero attached hydrogens (tertiary/aromatic N) is 2. The van der Waals surface area contributed by atoms with Crippen molar-refractivity contribution in [2.24, 2.45) is 0 Å². The quantitative estimate of drug-likeness (QED) is 0.381. The number of hydrogen-bond donors (Lipinski definition) is 0. The number of aromatic nitrogens is 2. The lowest BCUT2D eigenvalue weighted by Crippen LogP contribution is -2.47. The Labute approximate surface area is 219 Å². The zero-order valence-electron chi connectivity index (χ0n) is 21.9. The molecule has 0 unspecified atom stereocenters. The van der Waals surface area contributed by atoms with E-state index in [4.69, 9.17) is 20.3 Å². The number of halogens is 3. The van der Waals surface area contributed by atoms with Crippen LogP contribution in [0.4, 0.5) is 13.2 Å². The maximum atomic E-state index is 13.8. The smallest absolute Gasteiger partial charge is 0.414 e. The highest BCUT2D eigenvalue weighted by Gasteiger charge is 2.44. The highest BCUT2D eigenvalue weighted by molar-refractivity contribution is 6.74. The normalized spacial score (nSPS) is 20.3. The number of rotatable bonds is 7. The minimum absolute atomic E-state index is 0.0156. The van der Waals surface area contributed by atoms with E-state index in [9.17, 15) is 27.6 Å². The van der Waals surface area contributed by atoms with Crippen molar-refractivity contribution >= 4 is 14.2 Å². The molecule has 3 atom stereocenters. The van der Waals surface area contributed by atoms with Crippen LogP contribution < -0.4 is 11.2 Å². The molecule has 12 heteroatoms. The standard InChI is InChI=1S/C26H31F3N2O6Si/c1-7-13-35-19-14-21(37-20(19)16-36-38(5,6)25(2,3)4)30-15-18(26(27,28)29)23(33)31(24(30)34)22(32)17-11-9-8-10-12-17/h1,8-12,15,19-21H,13-14,16H2,2-6H3/t19-,20+,21+/m0/s1. The zero-order chi connectivity index (χ0) is 28.5. The van der Waals surface area contributed by atoms with E-state index in [1.807, 2.05) is 13.1 Å². The van der Waals surface area contributed by atoms with Crippen molar-refractivity contribution in [1.82, 2.24) is 9.13 Å². The van der Waals surface area contributed by atoms with Crippen LogP contribution in [0.3, 0.4) is 0 Å². The summed E-state index contributed by atoms with van der Waals surface area (Å²) in [6.07, 6.45) is -2.20. The first-order chi connectivity index (χ1) is 17.6. The lowest BCUT2D eigenvalue weighted by molar-refractivity contribution is -0.139. The number of carbonyl (C=O) groups excluding carboxylic acids is 1. The third kappa shape index (κ3) is 6.18. The fourth-order valence-corrected chi connectivity index (χ4v) is 4.73. The minimum atomic E-state index is -5.13. The predicted molar refractivity (Wildman–Crippen MR) is 136 cm³/mol. The van der Waals surface area contributed by atoms with E-state index in [0.29, 0.717) is 10.8 Å². The Morgan fingerprint density at radius 2 is 1.82 bits per heavy atom. The predicted octanol–water partition coefficient (Wildman–Crippen LogP) is 4.05. The molecule has 2 heterocycles. The second-order valence-corrected chi connectivity index (χ2v) is 15.3. The average Bonchev–Trinajstić information content (AvgIpc) is 3.23. The summed E-state index contributed by atoms with van der Waals surface area (Å²) in [6.45, 7) is 10.2. The van der Waals surface area contributed by atoms with Crippen molar-refractivity contribution in [1.29, 1.82) is 0 Å². The molecule has 2 aromatic rings. The summed E-state index contributed by atoms with van der Waals surface area (Å²) in [5.74, 6) is 1.16. The molecule has 1 aliphatic rings. The van der Waals surface area contributed by atoms with Crippen molar-refractivity contribution in [3.05, 3.63) is 68.5 Å². The first-order valence-electron chi connectivity index (χ1n) is 12.0. The molecule has 0 saturated carbocycles. The molecule has 0 amide bonds. The average molecular weight is 553 g/mol. The summed E-state index contributed by atoms with van der Waals surface area (Å²) in [5.41, 5.74) is -4.82. The molecule has 206 valence electrons. The molecule has 1 aromatic heterocycles. The van der Waals surface area contributed by atoms with E-state index in [1.165, 1.54) is 24.3 Å². The molecule has 0 bridgehead atoms. The van der Waals surface area contributed by atoms with E-state index in [1.54, 1.807) is 6.07 Å². The van der Waals surface area contributed by atoms with Crippen LogP contribution in [-0.4, -0.2) is 48.8 Å². The second-order valence-electron chi connectivity index (χ2n) is 10.5. The Morgan fingerprint density at radius 3 is 2.37 bits per heavy atom. The number of terminal acetylenes is 1. The van der Waals surface area contributed by atoms with Crippen LogP contribution in [0.15, 0.2) is 46.1 Å². The summed E-state index contributed by atoms with van der Waals surface area (Å²) >= 11 is 0. The number of hydrogen-bond acceptors (Lipinski definition) is 6. The molecule has 38 heavy (non-hydrogen) atoms. The molecule has 8 nitrogen and oxygen atoms in total. The fourth-order valence-electron chi connectivity index (χ4n) is 3.72. The van der Waals surface area contributed by atoms with Crippen LogP contribution in [0.2, 0.25) is 18.1 Å². The van der Waals surface area contributed by atoms with Gasteiger partial charge in [0.05, 0.1) is 12.7 Å². The van der Waals surface area contributed by atoms with E-state index < -0.39 is 55.6 Å². The number of alkyl halides is 3. The Kier molecular flexibility index (Phi) is 8.57. The summed E-state index contributed by atoms with van der Waals surface area (Å²) in [7, 11) is -2.23. The van der Waals surface area contributed by atoms with Gasteiger partial charge in [-0.3, -0.25) is 14.2 Å². The molecule has 3 rings (SSSR count). The summed E-state index contributed by atoms with van der Waals surface area (Å²) in [6, 6.07) is 7.10. The summed E-state index contributed by atoms with van der Waals surface area (Å²) in [5, 5.41) is -0.119. The Hall–Kier alpha value is -2.98.